The number of phenols is 2. The number of benzene rings is 5. The Bertz CT molecular complexity index is 1360. The Hall–Kier alpha value is -3.61. The maximum Gasteiger partial charge on any atom is 0.131 e. The fourth-order valence-corrected chi connectivity index (χ4v) is 5.35. The largest absolute Gasteiger partial charge is 0.507 e. The van der Waals surface area contributed by atoms with Crippen LogP contribution >= 0.6 is 8.58 Å². The molecule has 31 heavy (non-hydrogen) atoms. The highest BCUT2D eigenvalue weighted by molar-refractivity contribution is 7.56. The maximum absolute atomic E-state index is 11.0. The molecule has 1 atom stereocenters. The molecule has 0 radical (unpaired) electrons. The summed E-state index contributed by atoms with van der Waals surface area (Å²) in [5.41, 5.74) is 4.59. The number of hydrogen-bond donors (Lipinski definition) is 2. The fraction of sp³-hybridized carbons (Fsp3) is 0. The van der Waals surface area contributed by atoms with Gasteiger partial charge in [-0.2, -0.15) is 0 Å². The van der Waals surface area contributed by atoms with Crippen LogP contribution in [0.1, 0.15) is 0 Å². The molecule has 150 valence electrons. The van der Waals surface area contributed by atoms with Gasteiger partial charge in [0.1, 0.15) is 11.5 Å². The first-order valence-electron chi connectivity index (χ1n) is 10.2. The smallest absolute Gasteiger partial charge is 0.131 e. The van der Waals surface area contributed by atoms with E-state index in [4.69, 9.17) is 0 Å². The highest BCUT2D eigenvalue weighted by Crippen LogP contribution is 2.37. The Morgan fingerprint density at radius 1 is 0.516 bits per heavy atom. The van der Waals surface area contributed by atoms with Crippen molar-refractivity contribution in [3.05, 3.63) is 109 Å². The molecule has 3 heteroatoms. The third-order valence-corrected chi connectivity index (χ3v) is 6.81. The van der Waals surface area contributed by atoms with E-state index >= 15 is 0 Å². The summed E-state index contributed by atoms with van der Waals surface area (Å²) in [5, 5.41) is 24.7. The van der Waals surface area contributed by atoms with Gasteiger partial charge in [-0.15, -0.1) is 0 Å². The lowest BCUT2D eigenvalue weighted by atomic mass is 9.94. The first-order valence-corrected chi connectivity index (χ1v) is 11.2. The normalized spacial score (nSPS) is 11.4. The van der Waals surface area contributed by atoms with Gasteiger partial charge >= 0.3 is 0 Å². The fourth-order valence-electron chi connectivity index (χ4n) is 4.01. The van der Waals surface area contributed by atoms with Crippen LogP contribution in [-0.2, 0) is 0 Å². The van der Waals surface area contributed by atoms with E-state index in [-0.39, 0.29) is 20.1 Å². The summed E-state index contributed by atoms with van der Waals surface area (Å²) in [5.74, 6) is 0.423. The number of fused-ring (bicyclic) bond motifs is 1. The van der Waals surface area contributed by atoms with Crippen LogP contribution in [0.3, 0.4) is 0 Å². The molecule has 0 saturated heterocycles. The van der Waals surface area contributed by atoms with E-state index in [1.165, 1.54) is 0 Å². The Kier molecular flexibility index (Phi) is 5.16. The molecule has 0 aromatic heterocycles. The number of rotatable bonds is 4. The van der Waals surface area contributed by atoms with Gasteiger partial charge in [-0.05, 0) is 33.6 Å². The van der Waals surface area contributed by atoms with Crippen molar-refractivity contribution in [2.75, 3.05) is 0 Å². The zero-order chi connectivity index (χ0) is 21.2. The Morgan fingerprint density at radius 3 is 1.84 bits per heavy atom. The maximum atomic E-state index is 11.0. The van der Waals surface area contributed by atoms with Gasteiger partial charge in [-0.1, -0.05) is 112 Å². The standard InChI is InChI=1S/C28H21O2P/c29-24-18-26(28(30)23-15-8-7-14-22(23)24)31-25-17-9-16-21(19-10-3-1-4-11-19)27(25)20-12-5-2-6-13-20/h1-18,29-31H. The molecule has 0 amide bonds. The lowest BCUT2D eigenvalue weighted by molar-refractivity contribution is 0.473. The lowest BCUT2D eigenvalue weighted by Gasteiger charge is -2.17. The van der Waals surface area contributed by atoms with Crippen molar-refractivity contribution in [3.63, 3.8) is 0 Å². The summed E-state index contributed by atoms with van der Waals surface area (Å²) >= 11 is 0. The predicted octanol–water partition coefficient (Wildman–Crippen LogP) is 6.21. The molecule has 0 heterocycles. The van der Waals surface area contributed by atoms with Crippen LogP contribution in [0.5, 0.6) is 11.5 Å². The third-order valence-electron chi connectivity index (χ3n) is 5.48. The third kappa shape index (κ3) is 3.67. The second-order valence-electron chi connectivity index (χ2n) is 7.42. The molecule has 0 spiro atoms. The van der Waals surface area contributed by atoms with Crippen LogP contribution in [-0.4, -0.2) is 10.2 Å². The summed E-state index contributed by atoms with van der Waals surface area (Å²) in [7, 11) is 0.191. The first kappa shape index (κ1) is 19.4. The molecule has 5 aromatic carbocycles. The van der Waals surface area contributed by atoms with Crippen LogP contribution in [0.25, 0.3) is 33.0 Å². The number of phenolic OH excluding ortho intramolecular Hbond substituents is 2. The van der Waals surface area contributed by atoms with Gasteiger partial charge in [0.15, 0.2) is 0 Å². The zero-order valence-electron chi connectivity index (χ0n) is 16.8. The van der Waals surface area contributed by atoms with Crippen LogP contribution in [0.4, 0.5) is 0 Å². The molecule has 0 saturated carbocycles. The van der Waals surface area contributed by atoms with Crippen molar-refractivity contribution < 1.29 is 10.2 Å². The quantitative estimate of drug-likeness (QED) is 0.268. The van der Waals surface area contributed by atoms with Crippen molar-refractivity contribution in [2.45, 2.75) is 0 Å². The summed E-state index contributed by atoms with van der Waals surface area (Å²) in [6, 6.07) is 36.1. The van der Waals surface area contributed by atoms with Gasteiger partial charge in [-0.3, -0.25) is 0 Å². The topological polar surface area (TPSA) is 40.5 Å². The van der Waals surface area contributed by atoms with Gasteiger partial charge in [0, 0.05) is 16.1 Å². The van der Waals surface area contributed by atoms with E-state index in [0.29, 0.717) is 10.8 Å². The zero-order valence-corrected chi connectivity index (χ0v) is 17.8. The minimum Gasteiger partial charge on any atom is -0.507 e. The van der Waals surface area contributed by atoms with Gasteiger partial charge in [-0.25, -0.2) is 0 Å². The second-order valence-corrected chi connectivity index (χ2v) is 8.75. The molecule has 2 N–H and O–H groups in total. The van der Waals surface area contributed by atoms with Gasteiger partial charge in [0.2, 0.25) is 0 Å². The Balaban J connectivity index is 1.71. The van der Waals surface area contributed by atoms with Crippen molar-refractivity contribution in [3.8, 4) is 33.8 Å². The number of aromatic hydroxyl groups is 2. The molecular weight excluding hydrogens is 399 g/mol. The highest BCUT2D eigenvalue weighted by Gasteiger charge is 2.16. The summed E-state index contributed by atoms with van der Waals surface area (Å²) in [6.07, 6.45) is 0. The van der Waals surface area contributed by atoms with Crippen LogP contribution in [0, 0.1) is 0 Å². The van der Waals surface area contributed by atoms with Gasteiger partial charge in [0.25, 0.3) is 0 Å². The van der Waals surface area contributed by atoms with Crippen LogP contribution in [0.15, 0.2) is 109 Å². The van der Waals surface area contributed by atoms with E-state index in [9.17, 15) is 10.2 Å². The van der Waals surface area contributed by atoms with Crippen molar-refractivity contribution in [2.24, 2.45) is 0 Å². The monoisotopic (exact) mass is 420 g/mol. The molecule has 2 nitrogen and oxygen atoms in total. The second kappa shape index (κ2) is 8.26. The molecule has 5 rings (SSSR count). The van der Waals surface area contributed by atoms with E-state index in [2.05, 4.69) is 42.5 Å². The highest BCUT2D eigenvalue weighted by atomic mass is 31.1. The minimum absolute atomic E-state index is 0.191. The van der Waals surface area contributed by atoms with Crippen LogP contribution < -0.4 is 10.6 Å². The Labute approximate surface area is 183 Å². The summed E-state index contributed by atoms with van der Waals surface area (Å²) < 4.78 is 0. The minimum atomic E-state index is 0.191. The summed E-state index contributed by atoms with van der Waals surface area (Å²) in [4.78, 5) is 0. The lowest BCUT2D eigenvalue weighted by Crippen LogP contribution is -2.09. The SMILES string of the molecule is Oc1cc(Pc2cccc(-c3ccccc3)c2-c2ccccc2)c(O)c2ccccc12. The molecule has 5 aromatic rings. The molecule has 0 aliphatic carbocycles. The van der Waals surface area contributed by atoms with E-state index < -0.39 is 0 Å². The van der Waals surface area contributed by atoms with E-state index in [0.717, 1.165) is 32.9 Å². The predicted molar refractivity (Wildman–Crippen MR) is 132 cm³/mol. The molecule has 0 aliphatic heterocycles. The van der Waals surface area contributed by atoms with E-state index in [1.807, 2.05) is 60.7 Å². The average Bonchev–Trinajstić information content (AvgIpc) is 2.83. The molecular formula is C28H21O2P. The molecule has 0 bridgehead atoms. The van der Waals surface area contributed by atoms with Crippen molar-refractivity contribution in [1.29, 1.82) is 0 Å². The average molecular weight is 420 g/mol. The van der Waals surface area contributed by atoms with Crippen LogP contribution in [0.2, 0.25) is 0 Å². The molecule has 0 aliphatic rings. The van der Waals surface area contributed by atoms with Gasteiger partial charge < -0.3 is 10.2 Å². The summed E-state index contributed by atoms with van der Waals surface area (Å²) in [6.45, 7) is 0. The molecule has 0 fully saturated rings. The van der Waals surface area contributed by atoms with Crippen molar-refractivity contribution >= 4 is 30.0 Å². The Morgan fingerprint density at radius 2 is 1.13 bits per heavy atom. The number of hydrogen-bond acceptors (Lipinski definition) is 2. The molecule has 1 unspecified atom stereocenters. The van der Waals surface area contributed by atoms with Gasteiger partial charge in [0.05, 0.1) is 0 Å². The van der Waals surface area contributed by atoms with Crippen molar-refractivity contribution in [1.82, 2.24) is 0 Å². The van der Waals surface area contributed by atoms with E-state index in [1.54, 1.807) is 6.07 Å². The first-order chi connectivity index (χ1) is 15.2.